The minimum atomic E-state index is -0.198. The summed E-state index contributed by atoms with van der Waals surface area (Å²) in [7, 11) is 0. The molecule has 0 spiro atoms. The van der Waals surface area contributed by atoms with Gasteiger partial charge in [-0.1, -0.05) is 18.2 Å². The molecule has 2 N–H and O–H groups in total. The molecule has 22 heavy (non-hydrogen) atoms. The third-order valence-corrected chi connectivity index (χ3v) is 4.05. The van der Waals surface area contributed by atoms with Crippen LogP contribution >= 0.6 is 11.3 Å². The van der Waals surface area contributed by atoms with Crippen LogP contribution in [0.25, 0.3) is 0 Å². The number of amides is 2. The highest BCUT2D eigenvalue weighted by Gasteiger charge is 2.04. The van der Waals surface area contributed by atoms with Crippen molar-refractivity contribution in [3.05, 3.63) is 45.4 Å². The van der Waals surface area contributed by atoms with Gasteiger partial charge in [-0.05, 0) is 31.9 Å². The Labute approximate surface area is 134 Å². The van der Waals surface area contributed by atoms with Crippen molar-refractivity contribution in [1.29, 1.82) is 0 Å². The maximum Gasteiger partial charge on any atom is 0.315 e. The van der Waals surface area contributed by atoms with E-state index in [-0.39, 0.29) is 6.03 Å². The zero-order valence-corrected chi connectivity index (χ0v) is 13.9. The van der Waals surface area contributed by atoms with E-state index in [2.05, 4.69) is 15.6 Å². The van der Waals surface area contributed by atoms with Crippen LogP contribution < -0.4 is 15.4 Å². The number of hydrogen-bond acceptors (Lipinski definition) is 4. The minimum Gasteiger partial charge on any atom is -0.491 e. The average Bonchev–Trinajstić information content (AvgIpc) is 2.89. The number of nitrogens with zero attached hydrogens (tertiary/aromatic N) is 1. The van der Waals surface area contributed by atoms with Gasteiger partial charge in [0.05, 0.1) is 18.1 Å². The zero-order chi connectivity index (χ0) is 15.9. The average molecular weight is 319 g/mol. The molecule has 0 atom stereocenters. The number of ether oxygens (including phenoxy) is 1. The standard InChI is InChI=1S/C16H21N3O2S/c1-11-5-4-6-12(2)15(11)21-8-7-17-16(20)19-10-14-9-18-13(3)22-14/h4-6,9H,7-8,10H2,1-3H3,(H2,17,19,20). The van der Waals surface area contributed by atoms with Gasteiger partial charge in [-0.2, -0.15) is 0 Å². The predicted octanol–water partition coefficient (Wildman–Crippen LogP) is 2.95. The van der Waals surface area contributed by atoms with Gasteiger partial charge in [0.2, 0.25) is 0 Å². The van der Waals surface area contributed by atoms with E-state index in [1.165, 1.54) is 0 Å². The Bertz CT molecular complexity index is 620. The molecule has 0 unspecified atom stereocenters. The summed E-state index contributed by atoms with van der Waals surface area (Å²) in [6.07, 6.45) is 1.78. The Hall–Kier alpha value is -2.08. The summed E-state index contributed by atoms with van der Waals surface area (Å²) in [5.41, 5.74) is 2.20. The highest BCUT2D eigenvalue weighted by Crippen LogP contribution is 2.21. The highest BCUT2D eigenvalue weighted by molar-refractivity contribution is 7.11. The van der Waals surface area contributed by atoms with Crippen molar-refractivity contribution < 1.29 is 9.53 Å². The summed E-state index contributed by atoms with van der Waals surface area (Å²) in [6, 6.07) is 5.83. The van der Waals surface area contributed by atoms with Crippen LogP contribution in [-0.4, -0.2) is 24.2 Å². The summed E-state index contributed by atoms with van der Waals surface area (Å²) in [6.45, 7) is 7.37. The lowest BCUT2D eigenvalue weighted by Crippen LogP contribution is -2.37. The molecule has 5 nitrogen and oxygen atoms in total. The second-order valence-corrected chi connectivity index (χ2v) is 6.34. The maximum absolute atomic E-state index is 11.7. The van der Waals surface area contributed by atoms with Crippen molar-refractivity contribution in [1.82, 2.24) is 15.6 Å². The molecule has 6 heteroatoms. The SMILES string of the molecule is Cc1ncc(CNC(=O)NCCOc2c(C)cccc2C)s1. The lowest BCUT2D eigenvalue weighted by atomic mass is 10.1. The number of hydrogen-bond donors (Lipinski definition) is 2. The van der Waals surface area contributed by atoms with Gasteiger partial charge >= 0.3 is 6.03 Å². The van der Waals surface area contributed by atoms with Crippen LogP contribution in [0, 0.1) is 20.8 Å². The maximum atomic E-state index is 11.7. The van der Waals surface area contributed by atoms with Crippen LogP contribution in [-0.2, 0) is 6.54 Å². The molecule has 0 fully saturated rings. The van der Waals surface area contributed by atoms with Crippen molar-refractivity contribution >= 4 is 17.4 Å². The number of urea groups is 1. The summed E-state index contributed by atoms with van der Waals surface area (Å²) in [5.74, 6) is 0.893. The summed E-state index contributed by atoms with van der Waals surface area (Å²) >= 11 is 1.58. The Kier molecular flexibility index (Phi) is 5.77. The molecule has 1 aromatic carbocycles. The van der Waals surface area contributed by atoms with Crippen LogP contribution in [0.5, 0.6) is 5.75 Å². The number of aryl methyl sites for hydroxylation is 3. The molecule has 0 aliphatic carbocycles. The first-order valence-electron chi connectivity index (χ1n) is 7.18. The highest BCUT2D eigenvalue weighted by atomic mass is 32.1. The molecule has 0 aliphatic rings. The first kappa shape index (κ1) is 16.3. The fourth-order valence-corrected chi connectivity index (χ4v) is 2.80. The molecule has 2 rings (SSSR count). The number of nitrogens with one attached hydrogen (secondary N) is 2. The lowest BCUT2D eigenvalue weighted by molar-refractivity contribution is 0.236. The largest absolute Gasteiger partial charge is 0.491 e. The molecular weight excluding hydrogens is 298 g/mol. The number of carbonyl (C=O) groups excluding carboxylic acids is 1. The van der Waals surface area contributed by atoms with Gasteiger partial charge < -0.3 is 15.4 Å². The molecule has 2 aromatic rings. The van der Waals surface area contributed by atoms with Crippen molar-refractivity contribution in [2.45, 2.75) is 27.3 Å². The van der Waals surface area contributed by atoms with Crippen molar-refractivity contribution in [2.75, 3.05) is 13.2 Å². The zero-order valence-electron chi connectivity index (χ0n) is 13.1. The van der Waals surface area contributed by atoms with Crippen LogP contribution in [0.4, 0.5) is 4.79 Å². The molecule has 0 aliphatic heterocycles. The Morgan fingerprint density at radius 1 is 1.23 bits per heavy atom. The predicted molar refractivity (Wildman–Crippen MR) is 88.5 cm³/mol. The first-order valence-corrected chi connectivity index (χ1v) is 8.00. The van der Waals surface area contributed by atoms with E-state index in [9.17, 15) is 4.79 Å². The topological polar surface area (TPSA) is 63.2 Å². The summed E-state index contributed by atoms with van der Waals surface area (Å²) < 4.78 is 5.73. The van der Waals surface area contributed by atoms with Crippen molar-refractivity contribution in [3.8, 4) is 5.75 Å². The van der Waals surface area contributed by atoms with Crippen LogP contribution in [0.3, 0.4) is 0 Å². The van der Waals surface area contributed by atoms with Gasteiger partial charge in [-0.25, -0.2) is 9.78 Å². The Morgan fingerprint density at radius 3 is 2.59 bits per heavy atom. The van der Waals surface area contributed by atoms with Gasteiger partial charge in [0.25, 0.3) is 0 Å². The van der Waals surface area contributed by atoms with E-state index < -0.39 is 0 Å². The number of aromatic nitrogens is 1. The lowest BCUT2D eigenvalue weighted by Gasteiger charge is -2.12. The number of para-hydroxylation sites is 1. The summed E-state index contributed by atoms with van der Waals surface area (Å²) in [4.78, 5) is 16.9. The number of thiazole rings is 1. The smallest absolute Gasteiger partial charge is 0.315 e. The Morgan fingerprint density at radius 2 is 1.95 bits per heavy atom. The van der Waals surface area contributed by atoms with Gasteiger partial charge in [0.15, 0.2) is 0 Å². The van der Waals surface area contributed by atoms with Crippen molar-refractivity contribution in [2.24, 2.45) is 0 Å². The Balaban J connectivity index is 1.67. The van der Waals surface area contributed by atoms with E-state index in [1.54, 1.807) is 17.5 Å². The molecule has 0 saturated carbocycles. The summed E-state index contributed by atoms with van der Waals surface area (Å²) in [5, 5.41) is 6.58. The van der Waals surface area contributed by atoms with E-state index in [0.29, 0.717) is 19.7 Å². The fourth-order valence-electron chi connectivity index (χ4n) is 2.06. The van der Waals surface area contributed by atoms with E-state index >= 15 is 0 Å². The van der Waals surface area contributed by atoms with E-state index in [0.717, 1.165) is 26.8 Å². The quantitative estimate of drug-likeness (QED) is 0.805. The van der Waals surface area contributed by atoms with Crippen LogP contribution in [0.15, 0.2) is 24.4 Å². The fraction of sp³-hybridized carbons (Fsp3) is 0.375. The van der Waals surface area contributed by atoms with Gasteiger partial charge in [0.1, 0.15) is 12.4 Å². The number of carbonyl (C=O) groups is 1. The monoisotopic (exact) mass is 319 g/mol. The minimum absolute atomic E-state index is 0.198. The molecule has 0 radical (unpaired) electrons. The molecule has 1 aromatic heterocycles. The van der Waals surface area contributed by atoms with Crippen molar-refractivity contribution in [3.63, 3.8) is 0 Å². The molecular formula is C16H21N3O2S. The van der Waals surface area contributed by atoms with Gasteiger partial charge in [0, 0.05) is 11.1 Å². The van der Waals surface area contributed by atoms with Crippen LogP contribution in [0.1, 0.15) is 21.0 Å². The van der Waals surface area contributed by atoms with E-state index in [1.807, 2.05) is 39.0 Å². The molecule has 2 amide bonds. The second-order valence-electron chi connectivity index (χ2n) is 5.02. The molecule has 1 heterocycles. The first-order chi connectivity index (χ1) is 10.6. The third-order valence-electron chi connectivity index (χ3n) is 3.14. The normalized spacial score (nSPS) is 10.3. The molecule has 118 valence electrons. The van der Waals surface area contributed by atoms with E-state index in [4.69, 9.17) is 4.74 Å². The molecule has 0 bridgehead atoms. The third kappa shape index (κ3) is 4.73. The van der Waals surface area contributed by atoms with Gasteiger partial charge in [-0.3, -0.25) is 0 Å². The second kappa shape index (κ2) is 7.79. The number of benzene rings is 1. The van der Waals surface area contributed by atoms with Gasteiger partial charge in [-0.15, -0.1) is 11.3 Å². The van der Waals surface area contributed by atoms with Crippen LogP contribution in [0.2, 0.25) is 0 Å². The number of rotatable bonds is 6. The molecule has 0 saturated heterocycles.